The zero-order valence-electron chi connectivity index (χ0n) is 16.0. The Bertz CT molecular complexity index is 540. The van der Waals surface area contributed by atoms with Gasteiger partial charge in [0, 0.05) is 15.9 Å². The van der Waals surface area contributed by atoms with E-state index in [2.05, 4.69) is 73.9 Å². The fraction of sp³-hybridized carbons (Fsp3) is 0.429. The highest BCUT2D eigenvalue weighted by atomic mass is 14.8. The zero-order chi connectivity index (χ0) is 17.7. The van der Waals surface area contributed by atoms with Crippen LogP contribution in [0.4, 0.5) is 0 Å². The summed E-state index contributed by atoms with van der Waals surface area (Å²) in [5.74, 6) is 0. The molecule has 2 aromatic rings. The van der Waals surface area contributed by atoms with E-state index in [9.17, 15) is 0 Å². The van der Waals surface area contributed by atoms with Gasteiger partial charge >= 0.3 is 0 Å². The number of nitrogens with one attached hydrogen (secondary N) is 2. The number of rotatable bonds is 4. The van der Waals surface area contributed by atoms with Crippen LogP contribution >= 0.6 is 0 Å². The van der Waals surface area contributed by atoms with Crippen LogP contribution in [0, 0.1) is 20.8 Å². The summed E-state index contributed by atoms with van der Waals surface area (Å²) in [4.78, 5) is 0. The van der Waals surface area contributed by atoms with E-state index >= 15 is 0 Å². The summed E-state index contributed by atoms with van der Waals surface area (Å²) < 4.78 is 0. The van der Waals surface area contributed by atoms with Crippen molar-refractivity contribution >= 4 is 0 Å². The number of hydrogen-bond acceptors (Lipinski definition) is 2. The molecule has 0 heterocycles. The van der Waals surface area contributed by atoms with E-state index in [0.29, 0.717) is 0 Å². The van der Waals surface area contributed by atoms with E-state index in [1.807, 2.05) is 27.9 Å². The highest BCUT2D eigenvalue weighted by Gasteiger charge is 1.93. The van der Waals surface area contributed by atoms with Crippen LogP contribution in [0.2, 0.25) is 0 Å². The molecule has 0 aliphatic heterocycles. The standard InChI is InChI=1S/C10H15N.C9H13N.C2H6.2H2/c1-8-4-5-10(7-11-3)6-9(8)2;1-8-3-5-9(6-4-8)7-10-2;1-2;;/h4-6,11H,7H2,1-3H3;3-6,10H,7H2,1-2H3;1-2H3;2*1H. The Balaban J connectivity index is -0.000000329. The highest BCUT2D eigenvalue weighted by molar-refractivity contribution is 5.29. The van der Waals surface area contributed by atoms with Gasteiger partial charge in [-0.05, 0) is 57.1 Å². The minimum absolute atomic E-state index is 0. The van der Waals surface area contributed by atoms with Crippen molar-refractivity contribution in [2.24, 2.45) is 0 Å². The molecule has 0 unspecified atom stereocenters. The van der Waals surface area contributed by atoms with Gasteiger partial charge in [-0.2, -0.15) is 0 Å². The summed E-state index contributed by atoms with van der Waals surface area (Å²) in [6.07, 6.45) is 0. The molecule has 23 heavy (non-hydrogen) atoms. The lowest BCUT2D eigenvalue weighted by Crippen LogP contribution is -2.05. The molecule has 0 bridgehead atoms. The summed E-state index contributed by atoms with van der Waals surface area (Å²) in [7, 11) is 3.93. The van der Waals surface area contributed by atoms with Gasteiger partial charge in [0.1, 0.15) is 0 Å². The molecule has 132 valence electrons. The van der Waals surface area contributed by atoms with Gasteiger partial charge in [-0.15, -0.1) is 0 Å². The minimum Gasteiger partial charge on any atom is -0.316 e. The van der Waals surface area contributed by atoms with Crippen LogP contribution in [0.25, 0.3) is 0 Å². The first-order valence-corrected chi connectivity index (χ1v) is 8.47. The average Bonchev–Trinajstić information content (AvgIpc) is 2.56. The lowest BCUT2D eigenvalue weighted by atomic mass is 10.1. The SMILES string of the molecule is CC.CNCc1ccc(C)c(C)c1.CNCc1ccc(C)cc1.[HH].[HH]. The van der Waals surface area contributed by atoms with E-state index in [1.165, 1.54) is 27.8 Å². The first-order chi connectivity index (χ1) is 11.1. The van der Waals surface area contributed by atoms with Crippen LogP contribution in [0.3, 0.4) is 0 Å². The smallest absolute Gasteiger partial charge is 0.0202 e. The Kier molecular flexibility index (Phi) is 11.9. The van der Waals surface area contributed by atoms with E-state index in [1.54, 1.807) is 0 Å². The van der Waals surface area contributed by atoms with Crippen molar-refractivity contribution in [2.75, 3.05) is 14.1 Å². The molecule has 0 atom stereocenters. The van der Waals surface area contributed by atoms with Crippen molar-refractivity contribution in [1.29, 1.82) is 0 Å². The Hall–Kier alpha value is -1.64. The fourth-order valence-electron chi connectivity index (χ4n) is 2.03. The molecule has 0 radical (unpaired) electrons. The average molecular weight is 319 g/mol. The summed E-state index contributed by atoms with van der Waals surface area (Å²) >= 11 is 0. The molecule has 2 N–H and O–H groups in total. The van der Waals surface area contributed by atoms with E-state index < -0.39 is 0 Å². The van der Waals surface area contributed by atoms with Crippen molar-refractivity contribution in [2.45, 2.75) is 47.7 Å². The third-order valence-corrected chi connectivity index (χ3v) is 3.45. The highest BCUT2D eigenvalue weighted by Crippen LogP contribution is 2.09. The van der Waals surface area contributed by atoms with Crippen molar-refractivity contribution in [3.8, 4) is 0 Å². The molecule has 0 saturated heterocycles. The van der Waals surface area contributed by atoms with Crippen molar-refractivity contribution < 1.29 is 2.85 Å². The molecule has 2 heteroatoms. The van der Waals surface area contributed by atoms with Gasteiger partial charge in [0.15, 0.2) is 0 Å². The van der Waals surface area contributed by atoms with Crippen molar-refractivity contribution in [3.05, 3.63) is 70.3 Å². The lowest BCUT2D eigenvalue weighted by molar-refractivity contribution is 0.816. The Labute approximate surface area is 146 Å². The summed E-state index contributed by atoms with van der Waals surface area (Å²) in [5, 5.41) is 6.23. The number of benzene rings is 2. The molecule has 0 fully saturated rings. The molecule has 2 nitrogen and oxygen atoms in total. The first-order valence-electron chi connectivity index (χ1n) is 8.47. The van der Waals surface area contributed by atoms with E-state index in [4.69, 9.17) is 0 Å². The normalized spacial score (nSPS) is 9.35. The first kappa shape index (κ1) is 21.4. The van der Waals surface area contributed by atoms with Gasteiger partial charge in [0.2, 0.25) is 0 Å². The third-order valence-electron chi connectivity index (χ3n) is 3.45. The second kappa shape index (κ2) is 12.9. The van der Waals surface area contributed by atoms with Gasteiger partial charge < -0.3 is 10.6 Å². The molecular weight excluding hydrogens is 280 g/mol. The van der Waals surface area contributed by atoms with Gasteiger partial charge in [0.25, 0.3) is 0 Å². The quantitative estimate of drug-likeness (QED) is 0.804. The maximum atomic E-state index is 3.13. The van der Waals surface area contributed by atoms with Crippen LogP contribution in [-0.4, -0.2) is 14.1 Å². The van der Waals surface area contributed by atoms with E-state index in [-0.39, 0.29) is 2.85 Å². The molecule has 2 aromatic carbocycles. The maximum Gasteiger partial charge on any atom is 0.0202 e. The summed E-state index contributed by atoms with van der Waals surface area (Å²) in [6.45, 7) is 12.3. The topological polar surface area (TPSA) is 24.1 Å². The monoisotopic (exact) mass is 318 g/mol. The third kappa shape index (κ3) is 9.17. The second-order valence-electron chi connectivity index (χ2n) is 5.46. The van der Waals surface area contributed by atoms with Gasteiger partial charge in [-0.25, -0.2) is 0 Å². The summed E-state index contributed by atoms with van der Waals surface area (Å²) in [6, 6.07) is 15.1. The molecule has 0 amide bonds. The molecule has 0 aliphatic carbocycles. The number of hydrogen-bond donors (Lipinski definition) is 2. The zero-order valence-corrected chi connectivity index (χ0v) is 16.0. The molecule has 0 spiro atoms. The molecular formula is C21H38N2. The predicted molar refractivity (Wildman–Crippen MR) is 108 cm³/mol. The van der Waals surface area contributed by atoms with Crippen LogP contribution in [0.5, 0.6) is 0 Å². The maximum absolute atomic E-state index is 3.13. The van der Waals surface area contributed by atoms with Gasteiger partial charge in [0.05, 0.1) is 0 Å². The Morgan fingerprint density at radius 2 is 1.17 bits per heavy atom. The fourth-order valence-corrected chi connectivity index (χ4v) is 2.03. The largest absolute Gasteiger partial charge is 0.316 e. The lowest BCUT2D eigenvalue weighted by Gasteiger charge is -2.03. The Morgan fingerprint density at radius 3 is 1.65 bits per heavy atom. The van der Waals surface area contributed by atoms with Crippen molar-refractivity contribution in [1.82, 2.24) is 10.6 Å². The van der Waals surface area contributed by atoms with Crippen LogP contribution in [-0.2, 0) is 13.1 Å². The predicted octanol–water partition coefficient (Wildman–Crippen LogP) is 5.26. The van der Waals surface area contributed by atoms with Crippen molar-refractivity contribution in [3.63, 3.8) is 0 Å². The van der Waals surface area contributed by atoms with Crippen LogP contribution in [0.1, 0.15) is 44.5 Å². The van der Waals surface area contributed by atoms with Crippen LogP contribution < -0.4 is 10.6 Å². The number of aryl methyl sites for hydroxylation is 3. The second-order valence-corrected chi connectivity index (χ2v) is 5.46. The van der Waals surface area contributed by atoms with Gasteiger partial charge in [-0.3, -0.25) is 0 Å². The van der Waals surface area contributed by atoms with E-state index in [0.717, 1.165) is 13.1 Å². The molecule has 0 saturated carbocycles. The molecule has 2 rings (SSSR count). The summed E-state index contributed by atoms with van der Waals surface area (Å²) in [5.41, 5.74) is 6.76. The van der Waals surface area contributed by atoms with Crippen LogP contribution in [0.15, 0.2) is 42.5 Å². The molecule has 0 aromatic heterocycles. The molecule has 0 aliphatic rings. The van der Waals surface area contributed by atoms with Gasteiger partial charge in [-0.1, -0.05) is 61.9 Å². The minimum atomic E-state index is 0. The Morgan fingerprint density at radius 1 is 0.696 bits per heavy atom.